The lowest BCUT2D eigenvalue weighted by Crippen LogP contribution is -2.14. The molecule has 0 unspecified atom stereocenters. The summed E-state index contributed by atoms with van der Waals surface area (Å²) in [6, 6.07) is 22.2. The Hall–Kier alpha value is -3.51. The molecular weight excluding hydrogens is 416 g/mol. The summed E-state index contributed by atoms with van der Waals surface area (Å²) in [4.78, 5) is 22.6. The van der Waals surface area contributed by atoms with Gasteiger partial charge in [0, 0.05) is 12.7 Å². The molecule has 0 saturated carbocycles. The maximum atomic E-state index is 13.1. The van der Waals surface area contributed by atoms with Gasteiger partial charge in [0.2, 0.25) is 0 Å². The summed E-state index contributed by atoms with van der Waals surface area (Å²) in [6.45, 7) is 4.70. The molecule has 0 aliphatic heterocycles. The predicted molar refractivity (Wildman–Crippen MR) is 132 cm³/mol. The molecule has 0 atom stereocenters. The molecule has 2 aromatic carbocycles. The molecule has 5 nitrogen and oxygen atoms in total. The lowest BCUT2D eigenvalue weighted by molar-refractivity contribution is 0.103. The van der Waals surface area contributed by atoms with Gasteiger partial charge in [0.15, 0.2) is 0 Å². The molecule has 2 heterocycles. The van der Waals surface area contributed by atoms with Crippen molar-refractivity contribution in [3.05, 3.63) is 94.6 Å². The van der Waals surface area contributed by atoms with Crippen LogP contribution in [0.15, 0.2) is 72.9 Å². The number of nitrogens with one attached hydrogen (secondary N) is 2. The van der Waals surface area contributed by atoms with Gasteiger partial charge in [-0.3, -0.25) is 9.78 Å². The highest BCUT2D eigenvalue weighted by atomic mass is 32.1. The molecule has 0 fully saturated rings. The summed E-state index contributed by atoms with van der Waals surface area (Å²) in [5.74, 6) is -0.153. The van der Waals surface area contributed by atoms with E-state index in [-0.39, 0.29) is 5.91 Å². The molecule has 0 spiro atoms. The van der Waals surface area contributed by atoms with E-state index in [9.17, 15) is 4.79 Å². The highest BCUT2D eigenvalue weighted by molar-refractivity contribution is 7.17. The summed E-state index contributed by atoms with van der Waals surface area (Å²) in [5, 5.41) is 7.30. The Morgan fingerprint density at radius 1 is 0.969 bits per heavy atom. The standard InChI is InChI=1S/C26H26N4OS/c1-18-13-14-21(27-16-8-11-20-9-4-3-5-10-20)23(17-18)30-25(31)24-19(2)29-26(32-24)22-12-6-7-15-28-22/h3-7,9-10,12-15,17,27H,8,11,16H2,1-2H3,(H,30,31). The zero-order valence-corrected chi connectivity index (χ0v) is 19.1. The van der Waals surface area contributed by atoms with Gasteiger partial charge in [-0.25, -0.2) is 4.98 Å². The van der Waals surface area contributed by atoms with Crippen LogP contribution in [0.25, 0.3) is 10.7 Å². The second kappa shape index (κ2) is 10.2. The Balaban J connectivity index is 1.44. The van der Waals surface area contributed by atoms with Crippen LogP contribution < -0.4 is 10.6 Å². The number of carbonyl (C=O) groups is 1. The lowest BCUT2D eigenvalue weighted by atomic mass is 10.1. The number of pyridine rings is 1. The number of aryl methyl sites for hydroxylation is 3. The Morgan fingerprint density at radius 3 is 2.56 bits per heavy atom. The minimum absolute atomic E-state index is 0.153. The number of anilines is 2. The average Bonchev–Trinajstić information content (AvgIpc) is 3.21. The van der Waals surface area contributed by atoms with Gasteiger partial charge < -0.3 is 10.6 Å². The van der Waals surface area contributed by atoms with E-state index in [0.717, 1.165) is 47.0 Å². The van der Waals surface area contributed by atoms with Crippen molar-refractivity contribution < 1.29 is 4.79 Å². The van der Waals surface area contributed by atoms with Gasteiger partial charge in [0.25, 0.3) is 5.91 Å². The normalized spacial score (nSPS) is 10.7. The summed E-state index contributed by atoms with van der Waals surface area (Å²) in [6.07, 6.45) is 3.75. The molecule has 4 rings (SSSR count). The quantitative estimate of drug-likeness (QED) is 0.323. The Morgan fingerprint density at radius 2 is 1.78 bits per heavy atom. The number of carbonyl (C=O) groups excluding carboxylic acids is 1. The molecule has 6 heteroatoms. The van der Waals surface area contributed by atoms with Crippen LogP contribution >= 0.6 is 11.3 Å². The topological polar surface area (TPSA) is 66.9 Å². The van der Waals surface area contributed by atoms with E-state index in [1.807, 2.05) is 56.3 Å². The van der Waals surface area contributed by atoms with E-state index in [2.05, 4.69) is 44.9 Å². The van der Waals surface area contributed by atoms with Crippen molar-refractivity contribution in [2.45, 2.75) is 26.7 Å². The first-order valence-corrected chi connectivity index (χ1v) is 11.5. The van der Waals surface area contributed by atoms with Crippen molar-refractivity contribution >= 4 is 28.6 Å². The summed E-state index contributed by atoms with van der Waals surface area (Å²) >= 11 is 1.36. The summed E-state index contributed by atoms with van der Waals surface area (Å²) < 4.78 is 0. The molecule has 0 radical (unpaired) electrons. The van der Waals surface area contributed by atoms with E-state index in [1.165, 1.54) is 16.9 Å². The number of rotatable bonds is 8. The van der Waals surface area contributed by atoms with Crippen LogP contribution in [0, 0.1) is 13.8 Å². The zero-order valence-electron chi connectivity index (χ0n) is 18.3. The largest absolute Gasteiger partial charge is 0.383 e. The van der Waals surface area contributed by atoms with Crippen LogP contribution in [0.5, 0.6) is 0 Å². The average molecular weight is 443 g/mol. The first kappa shape index (κ1) is 21.7. The smallest absolute Gasteiger partial charge is 0.267 e. The van der Waals surface area contributed by atoms with E-state index < -0.39 is 0 Å². The minimum Gasteiger partial charge on any atom is -0.383 e. The first-order chi connectivity index (χ1) is 15.6. The number of nitrogens with zero attached hydrogens (tertiary/aromatic N) is 2. The summed E-state index contributed by atoms with van der Waals surface area (Å²) in [5.41, 5.74) is 5.60. The minimum atomic E-state index is -0.153. The molecule has 0 saturated heterocycles. The van der Waals surface area contributed by atoms with Gasteiger partial charge in [0.1, 0.15) is 9.88 Å². The zero-order chi connectivity index (χ0) is 22.3. The third-order valence-corrected chi connectivity index (χ3v) is 6.29. The highest BCUT2D eigenvalue weighted by Gasteiger charge is 2.18. The predicted octanol–water partition coefficient (Wildman–Crippen LogP) is 6.12. The van der Waals surface area contributed by atoms with E-state index in [4.69, 9.17) is 0 Å². The van der Waals surface area contributed by atoms with Crippen molar-refractivity contribution in [3.63, 3.8) is 0 Å². The van der Waals surface area contributed by atoms with Crippen LogP contribution in [0.4, 0.5) is 11.4 Å². The molecule has 2 aromatic heterocycles. The molecule has 2 N–H and O–H groups in total. The van der Waals surface area contributed by atoms with Gasteiger partial charge in [0.05, 0.1) is 22.8 Å². The maximum absolute atomic E-state index is 13.1. The molecule has 1 amide bonds. The molecule has 0 aliphatic carbocycles. The first-order valence-electron chi connectivity index (χ1n) is 10.7. The van der Waals surface area contributed by atoms with Gasteiger partial charge >= 0.3 is 0 Å². The Labute approximate surface area is 192 Å². The third kappa shape index (κ3) is 5.39. The summed E-state index contributed by atoms with van der Waals surface area (Å²) in [7, 11) is 0. The van der Waals surface area contributed by atoms with E-state index >= 15 is 0 Å². The molecule has 0 aliphatic rings. The number of hydrogen-bond acceptors (Lipinski definition) is 5. The third-order valence-electron chi connectivity index (χ3n) is 5.11. The van der Waals surface area contributed by atoms with Crippen LogP contribution in [0.3, 0.4) is 0 Å². The monoisotopic (exact) mass is 442 g/mol. The molecular formula is C26H26N4OS. The fraction of sp³-hybridized carbons (Fsp3) is 0.192. The number of thiazole rings is 1. The van der Waals surface area contributed by atoms with Gasteiger partial charge in [-0.05, 0) is 62.1 Å². The van der Waals surface area contributed by atoms with Crippen LogP contribution in [0.2, 0.25) is 0 Å². The van der Waals surface area contributed by atoms with Crippen molar-refractivity contribution in [2.75, 3.05) is 17.2 Å². The van der Waals surface area contributed by atoms with Gasteiger partial charge in [-0.15, -0.1) is 11.3 Å². The molecule has 4 aromatic rings. The molecule has 0 bridgehead atoms. The van der Waals surface area contributed by atoms with E-state index in [1.54, 1.807) is 6.20 Å². The second-order valence-electron chi connectivity index (χ2n) is 7.67. The van der Waals surface area contributed by atoms with Crippen molar-refractivity contribution in [1.29, 1.82) is 0 Å². The van der Waals surface area contributed by atoms with E-state index in [0.29, 0.717) is 10.6 Å². The molecule has 162 valence electrons. The Bertz CT molecular complexity index is 1190. The fourth-order valence-electron chi connectivity index (χ4n) is 3.46. The maximum Gasteiger partial charge on any atom is 0.267 e. The SMILES string of the molecule is Cc1ccc(NCCCc2ccccc2)c(NC(=O)c2sc(-c3ccccn3)nc2C)c1. The van der Waals surface area contributed by atoms with Gasteiger partial charge in [-0.2, -0.15) is 0 Å². The van der Waals surface area contributed by atoms with Crippen LogP contribution in [-0.2, 0) is 6.42 Å². The lowest BCUT2D eigenvalue weighted by Gasteiger charge is -2.14. The molecule has 32 heavy (non-hydrogen) atoms. The Kier molecular flexibility index (Phi) is 6.92. The van der Waals surface area contributed by atoms with Crippen molar-refractivity contribution in [3.8, 4) is 10.7 Å². The van der Waals surface area contributed by atoms with Crippen molar-refractivity contribution in [2.24, 2.45) is 0 Å². The van der Waals surface area contributed by atoms with Crippen molar-refractivity contribution in [1.82, 2.24) is 9.97 Å². The number of benzene rings is 2. The number of amides is 1. The van der Waals surface area contributed by atoms with Crippen LogP contribution in [0.1, 0.15) is 32.9 Å². The fourth-order valence-corrected chi connectivity index (χ4v) is 4.40. The number of aromatic nitrogens is 2. The van der Waals surface area contributed by atoms with Gasteiger partial charge in [-0.1, -0.05) is 42.5 Å². The van der Waals surface area contributed by atoms with Crippen LogP contribution in [-0.4, -0.2) is 22.4 Å². The highest BCUT2D eigenvalue weighted by Crippen LogP contribution is 2.29. The number of hydrogen-bond donors (Lipinski definition) is 2. The second-order valence-corrected chi connectivity index (χ2v) is 8.67.